The average molecular weight is 534 g/mol. The van der Waals surface area contributed by atoms with Crippen molar-refractivity contribution in [2.24, 2.45) is 5.92 Å². The van der Waals surface area contributed by atoms with E-state index in [-0.39, 0.29) is 37.6 Å². The van der Waals surface area contributed by atoms with Crippen LogP contribution in [0.3, 0.4) is 0 Å². The summed E-state index contributed by atoms with van der Waals surface area (Å²) in [6, 6.07) is 33.8. The smallest absolute Gasteiger partial charge is 0.407 e. The van der Waals surface area contributed by atoms with Crippen molar-refractivity contribution in [3.8, 4) is 11.1 Å². The Balaban J connectivity index is 1.28. The number of carboxylic acid groups (broad SMARTS) is 1. The van der Waals surface area contributed by atoms with Crippen LogP contribution in [0.1, 0.15) is 34.6 Å². The summed E-state index contributed by atoms with van der Waals surface area (Å²) >= 11 is 0. The number of amides is 1. The maximum absolute atomic E-state index is 13.4. The molecule has 0 aliphatic heterocycles. The topological polar surface area (TPSA) is 92.7 Å². The molecule has 5 rings (SSSR count). The lowest BCUT2D eigenvalue weighted by Crippen LogP contribution is -2.44. The summed E-state index contributed by atoms with van der Waals surface area (Å²) in [4.78, 5) is 38.5. The van der Waals surface area contributed by atoms with Crippen LogP contribution < -0.4 is 5.32 Å². The summed E-state index contributed by atoms with van der Waals surface area (Å²) in [7, 11) is 0. The largest absolute Gasteiger partial charge is 0.481 e. The number of alkyl carbamates (subject to hydrolysis) is 1. The number of hydrogen-bond donors (Lipinski definition) is 2. The SMILES string of the molecule is O=C(N[C@@H](Cc1ccccc1)C(=O)C[C@@H](Cc1ccccc1)C(=O)O)OCC1c2ccccc2-c2ccccc21. The van der Waals surface area contributed by atoms with E-state index in [0.29, 0.717) is 0 Å². The first-order valence-corrected chi connectivity index (χ1v) is 13.4. The summed E-state index contributed by atoms with van der Waals surface area (Å²) in [5, 5.41) is 12.6. The van der Waals surface area contributed by atoms with Crippen molar-refractivity contribution in [2.45, 2.75) is 31.2 Å². The third-order valence-electron chi connectivity index (χ3n) is 7.43. The molecule has 0 saturated carbocycles. The van der Waals surface area contributed by atoms with Crippen LogP contribution in [0.2, 0.25) is 0 Å². The number of hydrogen-bond acceptors (Lipinski definition) is 4. The highest BCUT2D eigenvalue weighted by molar-refractivity contribution is 5.90. The van der Waals surface area contributed by atoms with Crippen LogP contribution in [0.5, 0.6) is 0 Å². The molecule has 0 radical (unpaired) electrons. The highest BCUT2D eigenvalue weighted by Crippen LogP contribution is 2.44. The van der Waals surface area contributed by atoms with E-state index in [2.05, 4.69) is 17.4 Å². The van der Waals surface area contributed by atoms with E-state index < -0.39 is 24.0 Å². The first-order chi connectivity index (χ1) is 19.5. The van der Waals surface area contributed by atoms with E-state index in [4.69, 9.17) is 4.74 Å². The lowest BCUT2D eigenvalue weighted by Gasteiger charge is -2.21. The fraction of sp³-hybridized carbons (Fsp3) is 0.206. The molecule has 0 unspecified atom stereocenters. The maximum Gasteiger partial charge on any atom is 0.407 e. The molecule has 6 nitrogen and oxygen atoms in total. The molecular formula is C34H31NO5. The average Bonchev–Trinajstić information content (AvgIpc) is 3.30. The van der Waals surface area contributed by atoms with E-state index >= 15 is 0 Å². The van der Waals surface area contributed by atoms with Gasteiger partial charge >= 0.3 is 12.1 Å². The highest BCUT2D eigenvalue weighted by atomic mass is 16.5. The van der Waals surface area contributed by atoms with Crippen molar-refractivity contribution < 1.29 is 24.2 Å². The van der Waals surface area contributed by atoms with Crippen LogP contribution in [0.15, 0.2) is 109 Å². The van der Waals surface area contributed by atoms with Gasteiger partial charge in [0.05, 0.1) is 12.0 Å². The number of Topliss-reactive ketones (excluding diaryl/α,β-unsaturated/α-hetero) is 1. The molecule has 0 aromatic heterocycles. The van der Waals surface area contributed by atoms with Gasteiger partial charge in [0.25, 0.3) is 0 Å². The minimum absolute atomic E-state index is 0.108. The fourth-order valence-electron chi connectivity index (χ4n) is 5.41. The van der Waals surface area contributed by atoms with Crippen LogP contribution in [0.4, 0.5) is 4.79 Å². The van der Waals surface area contributed by atoms with Crippen molar-refractivity contribution in [3.63, 3.8) is 0 Å². The molecule has 1 aliphatic rings. The standard InChI is InChI=1S/C34H31NO5/c36-32(21-25(33(37)38)19-23-11-3-1-4-12-23)31(20-24-13-5-2-6-14-24)35-34(39)40-22-30-28-17-9-7-15-26(28)27-16-8-10-18-29(27)30/h1-18,25,30-31H,19-22H2,(H,35,39)(H,37,38)/t25-,31+/m1/s1. The normalized spacial score (nSPS) is 13.5. The van der Waals surface area contributed by atoms with Gasteiger partial charge in [-0.05, 0) is 46.2 Å². The number of carboxylic acids is 1. The number of carbonyl (C=O) groups is 3. The number of aliphatic carboxylic acids is 1. The Kier molecular flexibility index (Phi) is 8.35. The zero-order chi connectivity index (χ0) is 27.9. The van der Waals surface area contributed by atoms with E-state index in [0.717, 1.165) is 33.4 Å². The van der Waals surface area contributed by atoms with Gasteiger partial charge in [-0.1, -0.05) is 109 Å². The second-order valence-electron chi connectivity index (χ2n) is 10.1. The highest BCUT2D eigenvalue weighted by Gasteiger charge is 2.31. The Bertz CT molecular complexity index is 1440. The Morgan fingerprint density at radius 1 is 0.700 bits per heavy atom. The number of ether oxygens (including phenoxy) is 1. The Hall–Kier alpha value is -4.71. The molecule has 202 valence electrons. The van der Waals surface area contributed by atoms with Crippen LogP contribution >= 0.6 is 0 Å². The molecule has 4 aromatic rings. The molecule has 2 N–H and O–H groups in total. The molecule has 4 aromatic carbocycles. The molecule has 1 amide bonds. The van der Waals surface area contributed by atoms with Gasteiger partial charge in [-0.3, -0.25) is 9.59 Å². The minimum atomic E-state index is -1.04. The summed E-state index contributed by atoms with van der Waals surface area (Å²) in [5.74, 6) is -2.40. The molecule has 0 spiro atoms. The first-order valence-electron chi connectivity index (χ1n) is 13.4. The first kappa shape index (κ1) is 26.9. The number of rotatable bonds is 11. The van der Waals surface area contributed by atoms with Gasteiger partial charge in [-0.15, -0.1) is 0 Å². The molecule has 2 atom stereocenters. The second-order valence-corrected chi connectivity index (χ2v) is 10.1. The summed E-state index contributed by atoms with van der Waals surface area (Å²) in [6.07, 6.45) is -0.441. The van der Waals surface area contributed by atoms with Crippen LogP contribution in [0, 0.1) is 5.92 Å². The number of benzene rings is 4. The zero-order valence-electron chi connectivity index (χ0n) is 22.0. The third-order valence-corrected chi connectivity index (χ3v) is 7.43. The van der Waals surface area contributed by atoms with Crippen LogP contribution in [-0.4, -0.2) is 35.6 Å². The van der Waals surface area contributed by atoms with Gasteiger partial charge in [-0.25, -0.2) is 4.79 Å². The van der Waals surface area contributed by atoms with Crippen molar-refractivity contribution in [2.75, 3.05) is 6.61 Å². The van der Waals surface area contributed by atoms with Gasteiger partial charge < -0.3 is 15.2 Å². The molecule has 1 aliphatic carbocycles. The number of nitrogens with one attached hydrogen (secondary N) is 1. The van der Waals surface area contributed by atoms with Crippen molar-refractivity contribution in [3.05, 3.63) is 131 Å². The van der Waals surface area contributed by atoms with E-state index in [1.54, 1.807) is 0 Å². The zero-order valence-corrected chi connectivity index (χ0v) is 22.0. The van der Waals surface area contributed by atoms with Crippen molar-refractivity contribution in [1.82, 2.24) is 5.32 Å². The Morgan fingerprint density at radius 2 is 1.20 bits per heavy atom. The minimum Gasteiger partial charge on any atom is -0.481 e. The van der Waals surface area contributed by atoms with Crippen LogP contribution in [-0.2, 0) is 27.2 Å². The summed E-state index contributed by atoms with van der Waals surface area (Å²) in [6.45, 7) is 0.123. The van der Waals surface area contributed by atoms with Gasteiger partial charge in [0.1, 0.15) is 6.61 Å². The van der Waals surface area contributed by atoms with Gasteiger partial charge in [0.15, 0.2) is 5.78 Å². The van der Waals surface area contributed by atoms with Gasteiger partial charge in [-0.2, -0.15) is 0 Å². The lowest BCUT2D eigenvalue weighted by molar-refractivity contribution is -0.143. The fourth-order valence-corrected chi connectivity index (χ4v) is 5.41. The van der Waals surface area contributed by atoms with Gasteiger partial charge in [0.2, 0.25) is 0 Å². The molecule has 0 bridgehead atoms. The molecule has 6 heteroatoms. The summed E-state index contributed by atoms with van der Waals surface area (Å²) < 4.78 is 5.69. The van der Waals surface area contributed by atoms with Crippen molar-refractivity contribution >= 4 is 17.8 Å². The van der Waals surface area contributed by atoms with E-state index in [1.165, 1.54) is 0 Å². The quantitative estimate of drug-likeness (QED) is 0.245. The Morgan fingerprint density at radius 3 is 1.75 bits per heavy atom. The number of carbonyl (C=O) groups excluding carboxylic acids is 2. The predicted octanol–water partition coefficient (Wildman–Crippen LogP) is 6.04. The molecular weight excluding hydrogens is 502 g/mol. The van der Waals surface area contributed by atoms with Crippen molar-refractivity contribution in [1.29, 1.82) is 0 Å². The molecule has 0 heterocycles. The molecule has 40 heavy (non-hydrogen) atoms. The number of ketones is 1. The third kappa shape index (κ3) is 6.29. The predicted molar refractivity (Wildman–Crippen MR) is 153 cm³/mol. The molecule has 0 saturated heterocycles. The monoisotopic (exact) mass is 533 g/mol. The van der Waals surface area contributed by atoms with E-state index in [9.17, 15) is 19.5 Å². The van der Waals surface area contributed by atoms with Gasteiger partial charge in [0, 0.05) is 12.3 Å². The molecule has 0 fully saturated rings. The maximum atomic E-state index is 13.4. The lowest BCUT2D eigenvalue weighted by atomic mass is 9.90. The van der Waals surface area contributed by atoms with E-state index in [1.807, 2.05) is 97.1 Å². The van der Waals surface area contributed by atoms with Crippen LogP contribution in [0.25, 0.3) is 11.1 Å². The number of fused-ring (bicyclic) bond motifs is 3. The summed E-state index contributed by atoms with van der Waals surface area (Å²) in [5.41, 5.74) is 6.14. The second kappa shape index (κ2) is 12.4. The Labute approximate surface area is 233 Å².